The number of benzene rings is 4. The molecule has 0 aliphatic heterocycles. The monoisotopic (exact) mass is 616 g/mol. The van der Waals surface area contributed by atoms with Crippen LogP contribution in [0.1, 0.15) is 56.4 Å². The van der Waals surface area contributed by atoms with Crippen LogP contribution in [0.2, 0.25) is 0 Å². The van der Waals surface area contributed by atoms with Gasteiger partial charge in [-0.1, -0.05) is 63.7 Å². The van der Waals surface area contributed by atoms with Crippen LogP contribution in [0.4, 0.5) is 0 Å². The summed E-state index contributed by atoms with van der Waals surface area (Å²) in [7, 11) is 0. The van der Waals surface area contributed by atoms with E-state index in [2.05, 4.69) is 47.7 Å². The van der Waals surface area contributed by atoms with Gasteiger partial charge >= 0.3 is 5.97 Å². The Labute approximate surface area is 266 Å². The molecule has 0 unspecified atom stereocenters. The first kappa shape index (κ1) is 30.5. The minimum Gasteiger partial charge on any atom is -0.505 e. The van der Waals surface area contributed by atoms with Crippen LogP contribution in [0, 0.1) is 0 Å². The quantitative estimate of drug-likeness (QED) is 0.132. The maximum Gasteiger partial charge on any atom is 0.333 e. The topological polar surface area (TPSA) is 128 Å². The lowest BCUT2D eigenvalue weighted by Crippen LogP contribution is -2.17. The lowest BCUT2D eigenvalue weighted by atomic mass is 9.80. The van der Waals surface area contributed by atoms with E-state index in [1.54, 1.807) is 13.0 Å². The molecule has 0 radical (unpaired) electrons. The molecule has 0 atom stereocenters. The molecule has 46 heavy (non-hydrogen) atoms. The van der Waals surface area contributed by atoms with Gasteiger partial charge in [0.2, 0.25) is 0 Å². The van der Waals surface area contributed by atoms with Crippen molar-refractivity contribution in [2.24, 2.45) is 0 Å². The molecule has 0 fully saturated rings. The zero-order chi connectivity index (χ0) is 32.6. The summed E-state index contributed by atoms with van der Waals surface area (Å²) in [6.45, 7) is 11.8. The number of phenolic OH excluding ortho intramolecular Hbond substituents is 2. The van der Waals surface area contributed by atoms with Gasteiger partial charge < -0.3 is 14.9 Å². The highest BCUT2D eigenvalue weighted by molar-refractivity contribution is 5.86. The summed E-state index contributed by atoms with van der Waals surface area (Å²) in [6, 6.07) is 22.6. The summed E-state index contributed by atoms with van der Waals surface area (Å²) in [5, 5.41) is 41.8. The first-order chi connectivity index (χ1) is 22.0. The second kappa shape index (κ2) is 12.1. The summed E-state index contributed by atoms with van der Waals surface area (Å²) in [4.78, 5) is 14.9. The highest BCUT2D eigenvalue weighted by Crippen LogP contribution is 2.38. The molecule has 0 aliphatic carbocycles. The molecule has 4 aromatic carbocycles. The Hall–Kier alpha value is -5.51. The Balaban J connectivity index is 1.47. The normalized spacial score (nSPS) is 11.7. The van der Waals surface area contributed by atoms with Crippen LogP contribution in [0.25, 0.3) is 33.4 Å². The fourth-order valence-corrected chi connectivity index (χ4v) is 5.26. The number of hydrogen-bond donors (Lipinski definition) is 2. The molecule has 2 N–H and O–H groups in total. The maximum atomic E-state index is 12.0. The lowest BCUT2D eigenvalue weighted by Gasteiger charge is -2.25. The van der Waals surface area contributed by atoms with Crippen LogP contribution < -0.4 is 0 Å². The molecule has 0 saturated carbocycles. The Bertz CT molecular complexity index is 2040. The van der Waals surface area contributed by atoms with Crippen molar-refractivity contribution in [3.05, 3.63) is 107 Å². The molecule has 10 heteroatoms. The first-order valence-corrected chi connectivity index (χ1v) is 15.2. The number of carbonyl (C=O) groups is 1. The summed E-state index contributed by atoms with van der Waals surface area (Å²) in [6.07, 6.45) is 1.42. The molecule has 0 spiro atoms. The van der Waals surface area contributed by atoms with Gasteiger partial charge in [-0.25, -0.2) is 4.79 Å². The second-order valence-electron chi connectivity index (χ2n) is 12.2. The van der Waals surface area contributed by atoms with E-state index in [1.807, 2.05) is 66.7 Å². The molecule has 10 nitrogen and oxygen atoms in total. The number of phenols is 2. The highest BCUT2D eigenvalue weighted by atomic mass is 16.5. The smallest absolute Gasteiger partial charge is 0.333 e. The van der Waals surface area contributed by atoms with Crippen LogP contribution in [0.5, 0.6) is 11.5 Å². The van der Waals surface area contributed by atoms with Crippen molar-refractivity contribution in [1.29, 1.82) is 0 Å². The van der Waals surface area contributed by atoms with Crippen molar-refractivity contribution in [2.75, 3.05) is 6.61 Å². The Morgan fingerprint density at radius 3 is 1.76 bits per heavy atom. The third-order valence-electron chi connectivity index (χ3n) is 8.42. The molecular weight excluding hydrogens is 580 g/mol. The molecule has 0 saturated heterocycles. The number of hydrogen-bond acceptors (Lipinski definition) is 8. The van der Waals surface area contributed by atoms with Crippen LogP contribution in [0.3, 0.4) is 0 Å². The average molecular weight is 617 g/mol. The summed E-state index contributed by atoms with van der Waals surface area (Å²) < 4.78 is 5.37. The molecule has 2 aromatic heterocycles. The maximum absolute atomic E-state index is 12.0. The largest absolute Gasteiger partial charge is 0.505 e. The van der Waals surface area contributed by atoms with Gasteiger partial charge in [0.25, 0.3) is 0 Å². The number of esters is 1. The van der Waals surface area contributed by atoms with Crippen LogP contribution in [-0.4, -0.2) is 52.8 Å². The predicted molar refractivity (Wildman–Crippen MR) is 177 cm³/mol. The molecule has 0 amide bonds. The van der Waals surface area contributed by atoms with Gasteiger partial charge in [-0.3, -0.25) is 0 Å². The third kappa shape index (κ3) is 5.93. The molecule has 0 bridgehead atoms. The number of carbonyl (C=O) groups excluding carboxylic acids is 1. The van der Waals surface area contributed by atoms with E-state index in [-0.39, 0.29) is 29.9 Å². The minimum absolute atomic E-state index is 0.0145. The fourth-order valence-electron chi connectivity index (χ4n) is 5.26. The predicted octanol–water partition coefficient (Wildman–Crippen LogP) is 6.51. The van der Waals surface area contributed by atoms with Crippen molar-refractivity contribution in [3.63, 3.8) is 0 Å². The Morgan fingerprint density at radius 2 is 1.28 bits per heavy atom. The number of rotatable bonds is 10. The highest BCUT2D eigenvalue weighted by Gasteiger charge is 2.25. The fraction of sp³-hybridized carbons (Fsp3) is 0.250. The summed E-state index contributed by atoms with van der Waals surface area (Å²) >= 11 is 0. The van der Waals surface area contributed by atoms with Crippen molar-refractivity contribution in [1.82, 2.24) is 30.0 Å². The van der Waals surface area contributed by atoms with Gasteiger partial charge in [0.15, 0.2) is 0 Å². The van der Waals surface area contributed by atoms with E-state index in [4.69, 9.17) is 4.74 Å². The van der Waals surface area contributed by atoms with Crippen LogP contribution in [-0.2, 0) is 27.8 Å². The molecule has 234 valence electrons. The van der Waals surface area contributed by atoms with Gasteiger partial charge in [0.1, 0.15) is 44.9 Å². The molecular formula is C36H36N6O4. The number of aromatic nitrogens is 6. The van der Waals surface area contributed by atoms with Crippen molar-refractivity contribution < 1.29 is 19.7 Å². The van der Waals surface area contributed by atoms with Crippen LogP contribution >= 0.6 is 0 Å². The second-order valence-corrected chi connectivity index (χ2v) is 12.2. The number of aromatic hydroxyl groups is 2. The standard InChI is InChI=1S/C36H36N6O4/c1-6-36(4,5)26-20-25(34(44)32(21-26)42-39-29-13-9-10-14-30(29)40-42)19-24-17-23(15-16-46-35(45)22(2)3)18-31(33(24)43)41-37-27-11-7-8-12-28(27)38-41/h7-14,17-18,20-21,43-44H,2,6,15-16,19H2,1,3-5H3. The summed E-state index contributed by atoms with van der Waals surface area (Å²) in [5.74, 6) is -0.473. The number of nitrogens with zero attached hydrogens (tertiary/aromatic N) is 6. The van der Waals surface area contributed by atoms with E-state index in [9.17, 15) is 15.0 Å². The summed E-state index contributed by atoms with van der Waals surface area (Å²) in [5.41, 5.74) is 6.66. The number of fused-ring (bicyclic) bond motifs is 2. The molecule has 2 heterocycles. The SMILES string of the molecule is C=C(C)C(=O)OCCc1cc(Cc2cc(C(C)(C)CC)cc(-n3nc4ccccc4n3)c2O)c(O)c(-n2nc3ccccc3n2)c1. The van der Waals surface area contributed by atoms with Crippen molar-refractivity contribution in [2.45, 2.75) is 52.4 Å². The van der Waals surface area contributed by atoms with E-state index in [0.717, 1.165) is 17.5 Å². The Morgan fingerprint density at radius 1 is 0.804 bits per heavy atom. The van der Waals surface area contributed by atoms with E-state index >= 15 is 0 Å². The molecule has 6 rings (SSSR count). The van der Waals surface area contributed by atoms with Gasteiger partial charge in [-0.2, -0.15) is 0 Å². The third-order valence-corrected chi connectivity index (χ3v) is 8.42. The van der Waals surface area contributed by atoms with Crippen molar-refractivity contribution in [3.8, 4) is 22.9 Å². The van der Waals surface area contributed by atoms with Gasteiger partial charge in [0.05, 0.1) is 6.61 Å². The Kier molecular flexibility index (Phi) is 8.04. The van der Waals surface area contributed by atoms with Gasteiger partial charge in [-0.15, -0.1) is 30.0 Å². The van der Waals surface area contributed by atoms with Gasteiger partial charge in [-0.05, 0) is 66.3 Å². The van der Waals surface area contributed by atoms with Crippen LogP contribution in [0.15, 0.2) is 84.9 Å². The van der Waals surface area contributed by atoms with E-state index in [1.165, 1.54) is 9.59 Å². The zero-order valence-electron chi connectivity index (χ0n) is 26.4. The molecule has 6 aromatic rings. The van der Waals surface area contributed by atoms with Gasteiger partial charge in [0, 0.05) is 29.5 Å². The average Bonchev–Trinajstić information content (AvgIpc) is 3.67. The zero-order valence-corrected chi connectivity index (χ0v) is 26.4. The lowest BCUT2D eigenvalue weighted by molar-refractivity contribution is -0.138. The van der Waals surface area contributed by atoms with E-state index in [0.29, 0.717) is 56.6 Å². The minimum atomic E-state index is -0.466. The van der Waals surface area contributed by atoms with E-state index < -0.39 is 5.97 Å². The number of ether oxygens (including phenoxy) is 1. The van der Waals surface area contributed by atoms with Crippen molar-refractivity contribution >= 4 is 28.0 Å². The first-order valence-electron chi connectivity index (χ1n) is 15.2. The molecule has 0 aliphatic rings.